The second-order valence-corrected chi connectivity index (χ2v) is 3.83. The molecule has 0 bridgehead atoms. The van der Waals surface area contributed by atoms with Crippen LogP contribution in [0.25, 0.3) is 0 Å². The van der Waals surface area contributed by atoms with Gasteiger partial charge in [0.2, 0.25) is 0 Å². The highest BCUT2D eigenvalue weighted by molar-refractivity contribution is 5.71. The number of benzene rings is 1. The molecule has 0 amide bonds. The molecule has 0 aromatic heterocycles. The maximum Gasteiger partial charge on any atom is 0.319 e. The van der Waals surface area contributed by atoms with Crippen molar-refractivity contribution in [3.05, 3.63) is 35.1 Å². The second kappa shape index (κ2) is 5.61. The third-order valence-electron chi connectivity index (χ3n) is 2.30. The van der Waals surface area contributed by atoms with Crippen molar-refractivity contribution >= 4 is 5.97 Å². The van der Waals surface area contributed by atoms with Crippen LogP contribution in [0.15, 0.2) is 18.2 Å². The third-order valence-corrected chi connectivity index (χ3v) is 2.30. The van der Waals surface area contributed by atoms with Crippen LogP contribution < -0.4 is 0 Å². The van der Waals surface area contributed by atoms with Crippen LogP contribution in [0.5, 0.6) is 0 Å². The zero-order valence-electron chi connectivity index (χ0n) is 9.79. The number of hydrogen-bond acceptors (Lipinski definition) is 3. The maximum atomic E-state index is 13.0. The number of halogens is 1. The molecule has 0 saturated carbocycles. The highest BCUT2D eigenvalue weighted by atomic mass is 19.1. The summed E-state index contributed by atoms with van der Waals surface area (Å²) in [5.41, 5.74) is 1.59. The fourth-order valence-electron chi connectivity index (χ4n) is 1.46. The molecule has 0 fully saturated rings. The summed E-state index contributed by atoms with van der Waals surface area (Å²) in [7, 11) is 3.17. The summed E-state index contributed by atoms with van der Waals surface area (Å²) in [5.74, 6) is -0.485. The third kappa shape index (κ3) is 3.62. The number of carbonyl (C=O) groups excluding carboxylic acids is 1. The first-order valence-corrected chi connectivity index (χ1v) is 5.03. The van der Waals surface area contributed by atoms with Gasteiger partial charge in [-0.1, -0.05) is 12.1 Å². The lowest BCUT2D eigenvalue weighted by atomic mass is 10.1. The smallest absolute Gasteiger partial charge is 0.319 e. The maximum absolute atomic E-state index is 13.0. The van der Waals surface area contributed by atoms with Crippen LogP contribution in [0.1, 0.15) is 11.1 Å². The molecule has 0 aliphatic carbocycles. The summed E-state index contributed by atoms with van der Waals surface area (Å²) in [4.78, 5) is 12.8. The van der Waals surface area contributed by atoms with E-state index in [1.54, 1.807) is 19.1 Å². The second-order valence-electron chi connectivity index (χ2n) is 3.83. The van der Waals surface area contributed by atoms with Crippen LogP contribution >= 0.6 is 0 Å². The van der Waals surface area contributed by atoms with Gasteiger partial charge in [0.1, 0.15) is 5.82 Å². The van der Waals surface area contributed by atoms with E-state index in [1.165, 1.54) is 13.2 Å². The van der Waals surface area contributed by atoms with E-state index in [9.17, 15) is 9.18 Å². The lowest BCUT2D eigenvalue weighted by Crippen LogP contribution is -2.26. The summed E-state index contributed by atoms with van der Waals surface area (Å²) in [6.45, 7) is 2.54. The molecule has 0 aliphatic rings. The number of likely N-dealkylation sites (N-methyl/N-ethyl adjacent to an activating group) is 1. The van der Waals surface area contributed by atoms with E-state index >= 15 is 0 Å². The van der Waals surface area contributed by atoms with Crippen molar-refractivity contribution in [3.63, 3.8) is 0 Å². The Morgan fingerprint density at radius 2 is 2.19 bits per heavy atom. The molecule has 0 radical (unpaired) electrons. The van der Waals surface area contributed by atoms with Crippen LogP contribution in [0, 0.1) is 12.7 Å². The molecule has 88 valence electrons. The lowest BCUT2D eigenvalue weighted by Gasteiger charge is -2.15. The molecule has 1 aromatic rings. The topological polar surface area (TPSA) is 29.5 Å². The minimum Gasteiger partial charge on any atom is -0.468 e. The molecular formula is C12H16FNO2. The molecular weight excluding hydrogens is 209 g/mol. The van der Waals surface area contributed by atoms with E-state index in [-0.39, 0.29) is 18.3 Å². The Morgan fingerprint density at radius 3 is 2.75 bits per heavy atom. The number of ether oxygens (including phenoxy) is 1. The molecule has 0 spiro atoms. The predicted octanol–water partition coefficient (Wildman–Crippen LogP) is 1.74. The Bertz CT molecular complexity index is 379. The lowest BCUT2D eigenvalue weighted by molar-refractivity contribution is -0.141. The average Bonchev–Trinajstić information content (AvgIpc) is 2.23. The summed E-state index contributed by atoms with van der Waals surface area (Å²) in [6, 6.07) is 4.94. The Balaban J connectivity index is 2.59. The van der Waals surface area contributed by atoms with Gasteiger partial charge in [0, 0.05) is 6.54 Å². The normalized spacial score (nSPS) is 10.6. The average molecular weight is 225 g/mol. The van der Waals surface area contributed by atoms with Crippen molar-refractivity contribution in [1.82, 2.24) is 4.90 Å². The fraction of sp³-hybridized carbons (Fsp3) is 0.417. The van der Waals surface area contributed by atoms with Crippen LogP contribution in [0.4, 0.5) is 4.39 Å². The van der Waals surface area contributed by atoms with Gasteiger partial charge < -0.3 is 4.74 Å². The van der Waals surface area contributed by atoms with Crippen molar-refractivity contribution in [2.75, 3.05) is 20.7 Å². The van der Waals surface area contributed by atoms with Gasteiger partial charge in [0.25, 0.3) is 0 Å². The van der Waals surface area contributed by atoms with Crippen molar-refractivity contribution in [3.8, 4) is 0 Å². The number of rotatable bonds is 4. The number of nitrogens with zero attached hydrogens (tertiary/aromatic N) is 1. The van der Waals surface area contributed by atoms with Gasteiger partial charge in [-0.25, -0.2) is 4.39 Å². The number of methoxy groups -OCH3 is 1. The van der Waals surface area contributed by atoms with E-state index in [2.05, 4.69) is 4.74 Å². The largest absolute Gasteiger partial charge is 0.468 e. The summed E-state index contributed by atoms with van der Waals surface area (Å²) in [6.07, 6.45) is 0. The Hall–Kier alpha value is -1.42. The first kappa shape index (κ1) is 12.6. The minimum absolute atomic E-state index is 0.209. The molecule has 0 unspecified atom stereocenters. The summed E-state index contributed by atoms with van der Waals surface area (Å²) < 4.78 is 17.6. The van der Waals surface area contributed by atoms with Crippen LogP contribution in [0.2, 0.25) is 0 Å². The van der Waals surface area contributed by atoms with Crippen LogP contribution in [-0.2, 0) is 16.1 Å². The standard InChI is InChI=1S/C12H16FNO2/c1-9-6-10(4-5-11(9)13)7-14(2)8-12(15)16-3/h4-6H,7-8H2,1-3H3. The molecule has 0 saturated heterocycles. The van der Waals surface area contributed by atoms with Gasteiger partial charge in [0.15, 0.2) is 0 Å². The predicted molar refractivity (Wildman–Crippen MR) is 59.5 cm³/mol. The van der Waals surface area contributed by atoms with Crippen LogP contribution in [-0.4, -0.2) is 31.6 Å². The fourth-order valence-corrected chi connectivity index (χ4v) is 1.46. The number of hydrogen-bond donors (Lipinski definition) is 0. The van der Waals surface area contributed by atoms with Crippen molar-refractivity contribution < 1.29 is 13.9 Å². The molecule has 16 heavy (non-hydrogen) atoms. The van der Waals surface area contributed by atoms with Gasteiger partial charge in [-0.15, -0.1) is 0 Å². The number of esters is 1. The van der Waals surface area contributed by atoms with Crippen molar-refractivity contribution in [2.45, 2.75) is 13.5 Å². The number of aryl methyl sites for hydroxylation is 1. The van der Waals surface area contributed by atoms with Gasteiger partial charge in [-0.2, -0.15) is 0 Å². The van der Waals surface area contributed by atoms with E-state index in [0.29, 0.717) is 12.1 Å². The van der Waals surface area contributed by atoms with Crippen LogP contribution in [0.3, 0.4) is 0 Å². The van der Waals surface area contributed by atoms with Gasteiger partial charge in [-0.3, -0.25) is 9.69 Å². The highest BCUT2D eigenvalue weighted by Crippen LogP contribution is 2.10. The molecule has 0 N–H and O–H groups in total. The zero-order chi connectivity index (χ0) is 12.1. The molecule has 3 nitrogen and oxygen atoms in total. The van der Waals surface area contributed by atoms with Crippen molar-refractivity contribution in [1.29, 1.82) is 0 Å². The van der Waals surface area contributed by atoms with Crippen molar-refractivity contribution in [2.24, 2.45) is 0 Å². The molecule has 0 heterocycles. The molecule has 0 aliphatic heterocycles. The summed E-state index contributed by atoms with van der Waals surface area (Å²) >= 11 is 0. The Kier molecular flexibility index (Phi) is 4.43. The van der Waals surface area contributed by atoms with E-state index < -0.39 is 0 Å². The first-order chi connectivity index (χ1) is 7.52. The highest BCUT2D eigenvalue weighted by Gasteiger charge is 2.07. The summed E-state index contributed by atoms with van der Waals surface area (Å²) in [5, 5.41) is 0. The Labute approximate surface area is 94.8 Å². The van der Waals surface area contributed by atoms with Gasteiger partial charge >= 0.3 is 5.97 Å². The molecule has 1 rings (SSSR count). The number of carbonyl (C=O) groups is 1. The van der Waals surface area contributed by atoms with E-state index in [1.807, 2.05) is 11.9 Å². The molecule has 1 aromatic carbocycles. The molecule has 4 heteroatoms. The van der Waals surface area contributed by atoms with E-state index in [4.69, 9.17) is 0 Å². The monoisotopic (exact) mass is 225 g/mol. The zero-order valence-corrected chi connectivity index (χ0v) is 9.79. The van der Waals surface area contributed by atoms with Gasteiger partial charge in [-0.05, 0) is 31.2 Å². The van der Waals surface area contributed by atoms with E-state index in [0.717, 1.165) is 5.56 Å². The Morgan fingerprint density at radius 1 is 1.50 bits per heavy atom. The first-order valence-electron chi connectivity index (χ1n) is 5.03. The quantitative estimate of drug-likeness (QED) is 0.731. The SMILES string of the molecule is COC(=O)CN(C)Cc1ccc(F)c(C)c1. The minimum atomic E-state index is -0.277. The molecule has 0 atom stereocenters. The van der Waals surface area contributed by atoms with Gasteiger partial charge in [0.05, 0.1) is 13.7 Å².